The molecule has 0 rings (SSSR count). The zero-order chi connectivity index (χ0) is 9.40. The second-order valence-electron chi connectivity index (χ2n) is 3.70. The molecule has 0 aliphatic carbocycles. The minimum Gasteiger partial charge on any atom is -0.396 e. The molecule has 0 saturated heterocycles. The first-order chi connectivity index (χ1) is 5.70. The Morgan fingerprint density at radius 2 is 1.75 bits per heavy atom. The van der Waals surface area contributed by atoms with Crippen LogP contribution in [0, 0.1) is 11.8 Å². The third-order valence-corrected chi connectivity index (χ3v) is 2.27. The van der Waals surface area contributed by atoms with Crippen LogP contribution in [0.2, 0.25) is 0 Å². The summed E-state index contributed by atoms with van der Waals surface area (Å²) in [6.07, 6.45) is 4.76. The van der Waals surface area contributed by atoms with Crippen LogP contribution in [0.15, 0.2) is 0 Å². The number of carbonyl (C=O) groups is 1. The minimum absolute atomic E-state index is 0.281. The Morgan fingerprint density at radius 3 is 2.25 bits per heavy atom. The molecule has 0 fully saturated rings. The highest BCUT2D eigenvalue weighted by Gasteiger charge is 2.05. The minimum atomic E-state index is 0.281. The van der Waals surface area contributed by atoms with Gasteiger partial charge in [0.15, 0.2) is 0 Å². The van der Waals surface area contributed by atoms with Crippen LogP contribution in [0.1, 0.15) is 39.5 Å². The number of aliphatic hydroxyl groups is 1. The van der Waals surface area contributed by atoms with Crippen molar-refractivity contribution in [2.45, 2.75) is 39.5 Å². The topological polar surface area (TPSA) is 37.3 Å². The van der Waals surface area contributed by atoms with Crippen LogP contribution in [0.4, 0.5) is 0 Å². The fourth-order valence-electron chi connectivity index (χ4n) is 1.22. The van der Waals surface area contributed by atoms with Crippen LogP contribution in [0.3, 0.4) is 0 Å². The Hall–Kier alpha value is -0.370. The van der Waals surface area contributed by atoms with Crippen LogP contribution in [-0.4, -0.2) is 18.0 Å². The van der Waals surface area contributed by atoms with Crippen molar-refractivity contribution in [1.82, 2.24) is 0 Å². The van der Waals surface area contributed by atoms with Crippen LogP contribution in [0.5, 0.6) is 0 Å². The summed E-state index contributed by atoms with van der Waals surface area (Å²) in [5.41, 5.74) is 0. The van der Waals surface area contributed by atoms with E-state index >= 15 is 0 Å². The lowest BCUT2D eigenvalue weighted by Gasteiger charge is -2.12. The Balaban J connectivity index is 3.32. The van der Waals surface area contributed by atoms with Gasteiger partial charge in [0.05, 0.1) is 0 Å². The molecule has 2 atom stereocenters. The highest BCUT2D eigenvalue weighted by Crippen LogP contribution is 2.16. The summed E-state index contributed by atoms with van der Waals surface area (Å²) in [5.74, 6) is 1.09. The first-order valence-corrected chi connectivity index (χ1v) is 4.75. The fourth-order valence-corrected chi connectivity index (χ4v) is 1.22. The van der Waals surface area contributed by atoms with Gasteiger partial charge in [-0.2, -0.15) is 0 Å². The van der Waals surface area contributed by atoms with E-state index in [1.165, 1.54) is 0 Å². The first kappa shape index (κ1) is 11.6. The van der Waals surface area contributed by atoms with E-state index in [0.29, 0.717) is 18.3 Å². The summed E-state index contributed by atoms with van der Waals surface area (Å²) >= 11 is 0. The maximum Gasteiger partial charge on any atom is 0.120 e. The number of rotatable bonds is 7. The normalized spacial score (nSPS) is 15.6. The largest absolute Gasteiger partial charge is 0.396 e. The number of carbonyl (C=O) groups excluding carboxylic acids is 1. The van der Waals surface area contributed by atoms with E-state index in [-0.39, 0.29) is 6.61 Å². The summed E-state index contributed by atoms with van der Waals surface area (Å²) in [6, 6.07) is 0. The third kappa shape index (κ3) is 6.35. The third-order valence-electron chi connectivity index (χ3n) is 2.27. The van der Waals surface area contributed by atoms with E-state index in [0.717, 1.165) is 25.5 Å². The van der Waals surface area contributed by atoms with Gasteiger partial charge < -0.3 is 9.90 Å². The lowest BCUT2D eigenvalue weighted by molar-refractivity contribution is -0.108. The summed E-state index contributed by atoms with van der Waals surface area (Å²) in [6.45, 7) is 4.52. The standard InChI is InChI=1S/C10H20O2/c1-9(5-7-11)3-4-10(2)6-8-12/h7,9-10,12H,3-6,8H2,1-2H3. The first-order valence-electron chi connectivity index (χ1n) is 4.75. The van der Waals surface area contributed by atoms with Crippen molar-refractivity contribution in [3.8, 4) is 0 Å². The predicted molar refractivity (Wildman–Crippen MR) is 49.9 cm³/mol. The molecule has 0 aromatic heterocycles. The molecule has 0 bridgehead atoms. The van der Waals surface area contributed by atoms with Crippen molar-refractivity contribution in [3.63, 3.8) is 0 Å². The van der Waals surface area contributed by atoms with Crippen LogP contribution >= 0.6 is 0 Å². The second-order valence-corrected chi connectivity index (χ2v) is 3.70. The molecule has 0 amide bonds. The smallest absolute Gasteiger partial charge is 0.120 e. The Morgan fingerprint density at radius 1 is 1.17 bits per heavy atom. The van der Waals surface area contributed by atoms with Crippen LogP contribution < -0.4 is 0 Å². The van der Waals surface area contributed by atoms with Crippen molar-refractivity contribution >= 4 is 6.29 Å². The lowest BCUT2D eigenvalue weighted by atomic mass is 9.95. The molecule has 2 nitrogen and oxygen atoms in total. The van der Waals surface area contributed by atoms with Gasteiger partial charge in [0.1, 0.15) is 6.29 Å². The highest BCUT2D eigenvalue weighted by molar-refractivity contribution is 5.49. The average Bonchev–Trinajstić information content (AvgIpc) is 2.02. The molecule has 72 valence electrons. The molecular weight excluding hydrogens is 152 g/mol. The monoisotopic (exact) mass is 172 g/mol. The van der Waals surface area contributed by atoms with Gasteiger partial charge in [0.2, 0.25) is 0 Å². The second kappa shape index (κ2) is 7.29. The van der Waals surface area contributed by atoms with Gasteiger partial charge in [-0.1, -0.05) is 26.7 Å². The SMILES string of the molecule is CC(CC=O)CCC(C)CCO. The van der Waals surface area contributed by atoms with E-state index in [2.05, 4.69) is 13.8 Å². The number of hydrogen-bond donors (Lipinski definition) is 1. The zero-order valence-corrected chi connectivity index (χ0v) is 8.12. The van der Waals surface area contributed by atoms with Crippen molar-refractivity contribution in [3.05, 3.63) is 0 Å². The molecule has 0 aliphatic rings. The van der Waals surface area contributed by atoms with Gasteiger partial charge in [-0.15, -0.1) is 0 Å². The Bertz CT molecular complexity index is 112. The maximum absolute atomic E-state index is 10.1. The number of aliphatic hydroxyl groups excluding tert-OH is 1. The molecule has 0 heterocycles. The Labute approximate surface area is 75.0 Å². The van der Waals surface area contributed by atoms with Crippen molar-refractivity contribution in [1.29, 1.82) is 0 Å². The molecule has 0 saturated carbocycles. The van der Waals surface area contributed by atoms with E-state index in [9.17, 15) is 4.79 Å². The quantitative estimate of drug-likeness (QED) is 0.596. The molecule has 0 radical (unpaired) electrons. The highest BCUT2D eigenvalue weighted by atomic mass is 16.3. The number of hydrogen-bond acceptors (Lipinski definition) is 2. The average molecular weight is 172 g/mol. The van der Waals surface area contributed by atoms with Gasteiger partial charge in [0, 0.05) is 13.0 Å². The van der Waals surface area contributed by atoms with E-state index in [4.69, 9.17) is 5.11 Å². The molecule has 2 unspecified atom stereocenters. The van der Waals surface area contributed by atoms with Gasteiger partial charge in [0.25, 0.3) is 0 Å². The number of aldehydes is 1. The van der Waals surface area contributed by atoms with Gasteiger partial charge in [-0.05, 0) is 18.3 Å². The maximum atomic E-state index is 10.1. The van der Waals surface area contributed by atoms with Gasteiger partial charge in [-0.25, -0.2) is 0 Å². The molecule has 2 heteroatoms. The van der Waals surface area contributed by atoms with Gasteiger partial charge in [-0.3, -0.25) is 0 Å². The molecule has 0 aromatic carbocycles. The van der Waals surface area contributed by atoms with E-state index in [1.54, 1.807) is 0 Å². The Kier molecular flexibility index (Phi) is 7.06. The van der Waals surface area contributed by atoms with Crippen molar-refractivity contribution in [2.24, 2.45) is 11.8 Å². The summed E-state index contributed by atoms with van der Waals surface area (Å²) in [5, 5.41) is 8.65. The van der Waals surface area contributed by atoms with E-state index in [1.807, 2.05) is 0 Å². The van der Waals surface area contributed by atoms with Crippen molar-refractivity contribution < 1.29 is 9.90 Å². The lowest BCUT2D eigenvalue weighted by Crippen LogP contribution is -2.02. The summed E-state index contributed by atoms with van der Waals surface area (Å²) in [4.78, 5) is 10.1. The molecule has 1 N–H and O–H groups in total. The van der Waals surface area contributed by atoms with Crippen LogP contribution in [-0.2, 0) is 4.79 Å². The molecule has 0 aromatic rings. The molecule has 12 heavy (non-hydrogen) atoms. The fraction of sp³-hybridized carbons (Fsp3) is 0.900. The molecular formula is C10H20O2. The van der Waals surface area contributed by atoms with Gasteiger partial charge >= 0.3 is 0 Å². The molecule has 0 aliphatic heterocycles. The van der Waals surface area contributed by atoms with Crippen molar-refractivity contribution in [2.75, 3.05) is 6.61 Å². The van der Waals surface area contributed by atoms with E-state index < -0.39 is 0 Å². The zero-order valence-electron chi connectivity index (χ0n) is 8.12. The predicted octanol–water partition coefficient (Wildman–Crippen LogP) is 2.01. The van der Waals surface area contributed by atoms with Crippen LogP contribution in [0.25, 0.3) is 0 Å². The summed E-state index contributed by atoms with van der Waals surface area (Å²) < 4.78 is 0. The summed E-state index contributed by atoms with van der Waals surface area (Å²) in [7, 11) is 0. The molecule has 0 spiro atoms.